The number of hydrogen-bond donors (Lipinski definition) is 1. The minimum atomic E-state index is -0.322. The number of hydrogen-bond acceptors (Lipinski definition) is 1. The first kappa shape index (κ1) is 13.1. The fourth-order valence-corrected chi connectivity index (χ4v) is 2.12. The average Bonchev–Trinajstić information content (AvgIpc) is 2.39. The van der Waals surface area contributed by atoms with E-state index < -0.39 is 0 Å². The van der Waals surface area contributed by atoms with Gasteiger partial charge in [0.25, 0.3) is 0 Å². The first-order valence-electron chi connectivity index (χ1n) is 5.80. The first-order chi connectivity index (χ1) is 8.70. The third-order valence-corrected chi connectivity index (χ3v) is 3.21. The maximum atomic E-state index is 13.7. The molecule has 0 aliphatic rings. The lowest BCUT2D eigenvalue weighted by Crippen LogP contribution is -2.08. The fourth-order valence-electron chi connectivity index (χ4n) is 1.97. The van der Waals surface area contributed by atoms with Crippen molar-refractivity contribution in [2.24, 2.45) is 0 Å². The van der Waals surface area contributed by atoms with Gasteiger partial charge in [0, 0.05) is 10.9 Å². The van der Waals surface area contributed by atoms with Gasteiger partial charge in [0.15, 0.2) is 0 Å². The summed E-state index contributed by atoms with van der Waals surface area (Å²) in [5, 5.41) is 9.82. The quantitative estimate of drug-likeness (QED) is 0.891. The number of halogens is 2. The number of aliphatic hydroxyl groups excluding tert-OH is 1. The second-order valence-electron chi connectivity index (χ2n) is 4.23. The summed E-state index contributed by atoms with van der Waals surface area (Å²) in [6, 6.07) is 14.3. The molecule has 0 spiro atoms. The Morgan fingerprint density at radius 1 is 1.11 bits per heavy atom. The molecule has 0 fully saturated rings. The molecule has 18 heavy (non-hydrogen) atoms. The largest absolute Gasteiger partial charge is 0.396 e. The van der Waals surface area contributed by atoms with Gasteiger partial charge >= 0.3 is 0 Å². The van der Waals surface area contributed by atoms with Gasteiger partial charge in [-0.25, -0.2) is 4.39 Å². The van der Waals surface area contributed by atoms with Gasteiger partial charge in [-0.1, -0.05) is 48.0 Å². The normalized spacial score (nSPS) is 12.4. The molecule has 0 amide bonds. The molecule has 1 N–H and O–H groups in total. The smallest absolute Gasteiger partial charge is 0.127 e. The molecule has 0 aliphatic carbocycles. The van der Waals surface area contributed by atoms with Gasteiger partial charge in [-0.2, -0.15) is 0 Å². The van der Waals surface area contributed by atoms with E-state index in [-0.39, 0.29) is 18.3 Å². The molecule has 1 unspecified atom stereocenters. The van der Waals surface area contributed by atoms with Crippen molar-refractivity contribution in [1.82, 2.24) is 0 Å². The summed E-state index contributed by atoms with van der Waals surface area (Å²) >= 11 is 5.71. The van der Waals surface area contributed by atoms with Crippen LogP contribution in [0.3, 0.4) is 0 Å². The molecule has 1 atom stereocenters. The lowest BCUT2D eigenvalue weighted by atomic mass is 9.92. The second kappa shape index (κ2) is 5.98. The molecule has 3 heteroatoms. The number of aliphatic hydroxyl groups is 1. The van der Waals surface area contributed by atoms with Crippen LogP contribution in [0.15, 0.2) is 48.5 Å². The van der Waals surface area contributed by atoms with Gasteiger partial charge in [-0.3, -0.25) is 0 Å². The Morgan fingerprint density at radius 2 is 1.83 bits per heavy atom. The molecular weight excluding hydrogens is 251 g/mol. The number of benzene rings is 2. The maximum Gasteiger partial charge on any atom is 0.127 e. The van der Waals surface area contributed by atoms with E-state index in [0.717, 1.165) is 5.56 Å². The van der Waals surface area contributed by atoms with Crippen molar-refractivity contribution < 1.29 is 9.50 Å². The van der Waals surface area contributed by atoms with Gasteiger partial charge in [0.05, 0.1) is 6.61 Å². The summed E-state index contributed by atoms with van der Waals surface area (Å²) in [5.74, 6) is -0.418. The SMILES string of the molecule is OCC(Cc1ccc(Cl)cc1F)c1ccccc1. The van der Waals surface area contributed by atoms with Crippen molar-refractivity contribution in [3.8, 4) is 0 Å². The topological polar surface area (TPSA) is 20.2 Å². The van der Waals surface area contributed by atoms with Crippen LogP contribution in [0.1, 0.15) is 17.0 Å². The highest BCUT2D eigenvalue weighted by Crippen LogP contribution is 2.23. The Kier molecular flexibility index (Phi) is 4.34. The molecule has 1 nitrogen and oxygen atoms in total. The lowest BCUT2D eigenvalue weighted by Gasteiger charge is -2.15. The van der Waals surface area contributed by atoms with Crippen molar-refractivity contribution in [2.75, 3.05) is 6.61 Å². The minimum Gasteiger partial charge on any atom is -0.396 e. The van der Waals surface area contributed by atoms with Crippen molar-refractivity contribution >= 4 is 11.6 Å². The predicted molar refractivity (Wildman–Crippen MR) is 71.4 cm³/mol. The summed E-state index contributed by atoms with van der Waals surface area (Å²) in [5.41, 5.74) is 1.58. The molecule has 2 aromatic carbocycles. The van der Waals surface area contributed by atoms with E-state index in [1.165, 1.54) is 6.07 Å². The van der Waals surface area contributed by atoms with E-state index in [0.29, 0.717) is 17.0 Å². The molecule has 0 radical (unpaired) electrons. The van der Waals surface area contributed by atoms with Crippen LogP contribution in [0.4, 0.5) is 4.39 Å². The Hall–Kier alpha value is -1.38. The molecule has 0 bridgehead atoms. The molecule has 2 aromatic rings. The Morgan fingerprint density at radius 3 is 2.44 bits per heavy atom. The van der Waals surface area contributed by atoms with Crippen LogP contribution in [0, 0.1) is 5.82 Å². The van der Waals surface area contributed by atoms with Crippen molar-refractivity contribution in [1.29, 1.82) is 0 Å². The van der Waals surface area contributed by atoms with Crippen LogP contribution in [0.2, 0.25) is 5.02 Å². The summed E-state index contributed by atoms with van der Waals surface area (Å²) in [4.78, 5) is 0. The van der Waals surface area contributed by atoms with Gasteiger partial charge in [0.1, 0.15) is 5.82 Å². The highest BCUT2D eigenvalue weighted by atomic mass is 35.5. The van der Waals surface area contributed by atoms with Gasteiger partial charge in [-0.05, 0) is 29.7 Å². The highest BCUT2D eigenvalue weighted by molar-refractivity contribution is 6.30. The van der Waals surface area contributed by atoms with Crippen LogP contribution in [-0.2, 0) is 6.42 Å². The average molecular weight is 265 g/mol. The molecule has 0 saturated carbocycles. The van der Waals surface area contributed by atoms with E-state index >= 15 is 0 Å². The van der Waals surface area contributed by atoms with Crippen molar-refractivity contribution in [3.05, 3.63) is 70.5 Å². The molecule has 0 aliphatic heterocycles. The van der Waals surface area contributed by atoms with Crippen LogP contribution < -0.4 is 0 Å². The standard InChI is InChI=1S/C15H14ClFO/c16-14-7-6-12(15(17)9-14)8-13(10-18)11-4-2-1-3-5-11/h1-7,9,13,18H,8,10H2. The summed E-state index contributed by atoms with van der Waals surface area (Å²) in [6.45, 7) is -0.00786. The van der Waals surface area contributed by atoms with Crippen LogP contribution >= 0.6 is 11.6 Å². The Bertz CT molecular complexity index is 513. The third kappa shape index (κ3) is 3.09. The van der Waals surface area contributed by atoms with Crippen LogP contribution in [0.5, 0.6) is 0 Å². The fraction of sp³-hybridized carbons (Fsp3) is 0.200. The summed E-state index contributed by atoms with van der Waals surface area (Å²) in [7, 11) is 0. The molecular formula is C15H14ClFO. The zero-order chi connectivity index (χ0) is 13.0. The zero-order valence-electron chi connectivity index (χ0n) is 9.81. The highest BCUT2D eigenvalue weighted by Gasteiger charge is 2.13. The van der Waals surface area contributed by atoms with Crippen LogP contribution in [-0.4, -0.2) is 11.7 Å². The van der Waals surface area contributed by atoms with E-state index in [1.807, 2.05) is 30.3 Å². The van der Waals surface area contributed by atoms with Crippen LogP contribution in [0.25, 0.3) is 0 Å². The summed E-state index contributed by atoms with van der Waals surface area (Å²) < 4.78 is 13.7. The molecule has 94 valence electrons. The lowest BCUT2D eigenvalue weighted by molar-refractivity contribution is 0.263. The second-order valence-corrected chi connectivity index (χ2v) is 4.67. The maximum absolute atomic E-state index is 13.7. The van der Waals surface area contributed by atoms with Crippen molar-refractivity contribution in [2.45, 2.75) is 12.3 Å². The van der Waals surface area contributed by atoms with E-state index in [4.69, 9.17) is 11.6 Å². The zero-order valence-corrected chi connectivity index (χ0v) is 10.6. The molecule has 2 rings (SSSR count). The Labute approximate surface area is 111 Å². The van der Waals surface area contributed by atoms with Gasteiger partial charge in [-0.15, -0.1) is 0 Å². The van der Waals surface area contributed by atoms with Crippen molar-refractivity contribution in [3.63, 3.8) is 0 Å². The van der Waals surface area contributed by atoms with E-state index in [2.05, 4.69) is 0 Å². The minimum absolute atomic E-state index is 0.00786. The summed E-state index contributed by atoms with van der Waals surface area (Å²) in [6.07, 6.45) is 0.462. The monoisotopic (exact) mass is 264 g/mol. The van der Waals surface area contributed by atoms with E-state index in [9.17, 15) is 9.50 Å². The molecule has 0 saturated heterocycles. The third-order valence-electron chi connectivity index (χ3n) is 2.97. The Balaban J connectivity index is 2.21. The first-order valence-corrected chi connectivity index (χ1v) is 6.18. The molecule has 0 aromatic heterocycles. The predicted octanol–water partition coefficient (Wildman–Crippen LogP) is 3.80. The van der Waals surface area contributed by atoms with Gasteiger partial charge in [0.2, 0.25) is 0 Å². The number of rotatable bonds is 4. The van der Waals surface area contributed by atoms with E-state index in [1.54, 1.807) is 12.1 Å². The van der Waals surface area contributed by atoms with Gasteiger partial charge < -0.3 is 5.11 Å². The molecule has 0 heterocycles.